The Morgan fingerprint density at radius 3 is 2.08 bits per heavy atom. The number of carbonyl (C=O) groups is 1. The van der Waals surface area contributed by atoms with Crippen molar-refractivity contribution in [1.82, 2.24) is 0 Å². The molecule has 0 amide bonds. The summed E-state index contributed by atoms with van der Waals surface area (Å²) in [6, 6.07) is 13.6. The monoisotopic (exact) mass is 327 g/mol. The van der Waals surface area contributed by atoms with Crippen molar-refractivity contribution >= 4 is 5.78 Å². The van der Waals surface area contributed by atoms with Gasteiger partial charge in [0, 0.05) is 16.9 Å². The van der Waals surface area contributed by atoms with Crippen molar-refractivity contribution in [2.75, 3.05) is 6.54 Å². The number of phenols is 1. The van der Waals surface area contributed by atoms with Gasteiger partial charge in [-0.25, -0.2) is 0 Å². The lowest BCUT2D eigenvalue weighted by Crippen LogP contribution is -2.16. The minimum Gasteiger partial charge on any atom is -0.508 e. The van der Waals surface area contributed by atoms with Crippen LogP contribution in [0, 0.1) is 10.1 Å². The van der Waals surface area contributed by atoms with Crippen molar-refractivity contribution in [1.29, 1.82) is 0 Å². The first-order valence-electron chi connectivity index (χ1n) is 7.90. The van der Waals surface area contributed by atoms with Crippen LogP contribution in [0.1, 0.15) is 53.6 Å². The van der Waals surface area contributed by atoms with Crippen LogP contribution in [0.4, 0.5) is 0 Å². The van der Waals surface area contributed by atoms with Crippen LogP contribution < -0.4 is 0 Å². The number of ketones is 1. The highest BCUT2D eigenvalue weighted by atomic mass is 16.6. The zero-order chi connectivity index (χ0) is 17.7. The third-order valence-corrected chi connectivity index (χ3v) is 4.07. The van der Waals surface area contributed by atoms with E-state index in [1.807, 2.05) is 24.3 Å². The lowest BCUT2D eigenvalue weighted by atomic mass is 9.90. The molecule has 0 aliphatic carbocycles. The first kappa shape index (κ1) is 17.7. The van der Waals surface area contributed by atoms with E-state index in [1.165, 1.54) is 24.3 Å². The molecule has 1 atom stereocenters. The predicted octanol–water partition coefficient (Wildman–Crippen LogP) is 4.15. The topological polar surface area (TPSA) is 80.4 Å². The largest absolute Gasteiger partial charge is 0.508 e. The number of hydrogen-bond acceptors (Lipinski definition) is 4. The smallest absolute Gasteiger partial charge is 0.211 e. The van der Waals surface area contributed by atoms with Crippen molar-refractivity contribution in [3.05, 3.63) is 75.3 Å². The molecule has 0 saturated carbocycles. The molecule has 0 bridgehead atoms. The number of rotatable bonds is 7. The van der Waals surface area contributed by atoms with Crippen molar-refractivity contribution in [2.45, 2.75) is 32.1 Å². The molecule has 0 aromatic heterocycles. The van der Waals surface area contributed by atoms with E-state index < -0.39 is 5.92 Å². The Labute approximate surface area is 141 Å². The van der Waals surface area contributed by atoms with Gasteiger partial charge in [0.1, 0.15) is 5.75 Å². The van der Waals surface area contributed by atoms with E-state index >= 15 is 0 Å². The van der Waals surface area contributed by atoms with Crippen LogP contribution in [0.15, 0.2) is 48.5 Å². The van der Waals surface area contributed by atoms with Gasteiger partial charge in [-0.3, -0.25) is 14.9 Å². The van der Waals surface area contributed by atoms with E-state index in [1.54, 1.807) is 0 Å². The first-order chi connectivity index (χ1) is 11.4. The molecule has 0 aliphatic rings. The second kappa shape index (κ2) is 7.73. The van der Waals surface area contributed by atoms with E-state index in [2.05, 4.69) is 13.8 Å². The van der Waals surface area contributed by atoms with Gasteiger partial charge in [-0.2, -0.15) is 0 Å². The average Bonchev–Trinajstić information content (AvgIpc) is 2.54. The van der Waals surface area contributed by atoms with Crippen LogP contribution >= 0.6 is 0 Å². The Balaban J connectivity index is 2.20. The summed E-state index contributed by atoms with van der Waals surface area (Å²) in [6.45, 7) is 3.88. The zero-order valence-electron chi connectivity index (χ0n) is 13.8. The zero-order valence-corrected chi connectivity index (χ0v) is 13.8. The van der Waals surface area contributed by atoms with Crippen LogP contribution in [0.25, 0.3) is 0 Å². The van der Waals surface area contributed by atoms with E-state index in [0.29, 0.717) is 11.5 Å². The summed E-state index contributed by atoms with van der Waals surface area (Å²) in [4.78, 5) is 23.0. The van der Waals surface area contributed by atoms with Gasteiger partial charge in [0.2, 0.25) is 6.54 Å². The maximum absolute atomic E-state index is 12.4. The lowest BCUT2D eigenvalue weighted by Gasteiger charge is -2.14. The van der Waals surface area contributed by atoms with Crippen LogP contribution in [0.2, 0.25) is 0 Å². The second-order valence-corrected chi connectivity index (χ2v) is 6.21. The summed E-state index contributed by atoms with van der Waals surface area (Å²) in [5.74, 6) is -0.179. The summed E-state index contributed by atoms with van der Waals surface area (Å²) < 4.78 is 0. The molecule has 0 spiro atoms. The minimum absolute atomic E-state index is 0.0623. The van der Waals surface area contributed by atoms with Gasteiger partial charge >= 0.3 is 0 Å². The number of nitrogens with zero attached hydrogens (tertiary/aromatic N) is 1. The fourth-order valence-corrected chi connectivity index (χ4v) is 2.61. The van der Waals surface area contributed by atoms with Crippen molar-refractivity contribution in [3.8, 4) is 5.75 Å². The maximum atomic E-state index is 12.4. The van der Waals surface area contributed by atoms with Crippen LogP contribution in [-0.4, -0.2) is 22.4 Å². The average molecular weight is 327 g/mol. The molecule has 2 aromatic carbocycles. The molecule has 1 unspecified atom stereocenters. The minimum atomic E-state index is -0.470. The van der Waals surface area contributed by atoms with E-state index in [-0.39, 0.29) is 29.4 Å². The molecule has 0 radical (unpaired) electrons. The summed E-state index contributed by atoms with van der Waals surface area (Å²) in [5, 5.41) is 20.3. The van der Waals surface area contributed by atoms with Crippen LogP contribution in [-0.2, 0) is 0 Å². The Bertz CT molecular complexity index is 705. The Morgan fingerprint density at radius 2 is 1.58 bits per heavy atom. The van der Waals surface area contributed by atoms with Crippen molar-refractivity contribution in [3.63, 3.8) is 0 Å². The molecule has 24 heavy (non-hydrogen) atoms. The molecule has 0 heterocycles. The summed E-state index contributed by atoms with van der Waals surface area (Å²) in [7, 11) is 0. The molecule has 2 aromatic rings. The number of aromatic hydroxyl groups is 1. The van der Waals surface area contributed by atoms with Crippen LogP contribution in [0.5, 0.6) is 5.75 Å². The third-order valence-electron chi connectivity index (χ3n) is 4.07. The molecular formula is C19H21NO4. The van der Waals surface area contributed by atoms with Gasteiger partial charge in [0.25, 0.3) is 0 Å². The van der Waals surface area contributed by atoms with Gasteiger partial charge in [-0.1, -0.05) is 38.1 Å². The maximum Gasteiger partial charge on any atom is 0.211 e. The van der Waals surface area contributed by atoms with Crippen molar-refractivity contribution in [2.24, 2.45) is 0 Å². The highest BCUT2D eigenvalue weighted by Gasteiger charge is 2.22. The molecule has 0 aliphatic heterocycles. The number of nitro groups is 1. The molecular weight excluding hydrogens is 306 g/mol. The lowest BCUT2D eigenvalue weighted by molar-refractivity contribution is -0.483. The highest BCUT2D eigenvalue weighted by Crippen LogP contribution is 2.25. The molecule has 5 nitrogen and oxygen atoms in total. The molecule has 0 fully saturated rings. The fourth-order valence-electron chi connectivity index (χ4n) is 2.61. The molecule has 1 N–H and O–H groups in total. The normalized spacial score (nSPS) is 12.1. The molecule has 0 saturated heterocycles. The number of hydrogen-bond donors (Lipinski definition) is 1. The summed E-state index contributed by atoms with van der Waals surface area (Å²) in [5.41, 5.74) is 2.40. The quantitative estimate of drug-likeness (QED) is 0.470. The van der Waals surface area contributed by atoms with Gasteiger partial charge in [0.05, 0.1) is 5.92 Å². The first-order valence-corrected chi connectivity index (χ1v) is 7.90. The summed E-state index contributed by atoms with van der Waals surface area (Å²) >= 11 is 0. The molecule has 126 valence electrons. The van der Waals surface area contributed by atoms with E-state index in [4.69, 9.17) is 0 Å². The highest BCUT2D eigenvalue weighted by molar-refractivity contribution is 5.96. The Hall–Kier alpha value is -2.69. The van der Waals surface area contributed by atoms with Gasteiger partial charge in [-0.15, -0.1) is 0 Å². The second-order valence-electron chi connectivity index (χ2n) is 6.21. The number of carbonyl (C=O) groups excluding carboxylic acids is 1. The predicted molar refractivity (Wildman–Crippen MR) is 92.2 cm³/mol. The summed E-state index contributed by atoms with van der Waals surface area (Å²) in [6.07, 6.45) is 0.0623. The van der Waals surface area contributed by atoms with E-state index in [0.717, 1.165) is 11.1 Å². The Kier molecular flexibility index (Phi) is 5.68. The number of Topliss-reactive ketones (excluding diaryl/α,β-unsaturated/α-hetero) is 1. The fraction of sp³-hybridized carbons (Fsp3) is 0.316. The SMILES string of the molecule is CC(C)c1ccc(C(CC(=O)c2ccc(O)cc2)C[N+](=O)[O-])cc1. The van der Waals surface area contributed by atoms with Gasteiger partial charge < -0.3 is 5.11 Å². The van der Waals surface area contributed by atoms with E-state index in [9.17, 15) is 20.0 Å². The number of benzene rings is 2. The standard InChI is InChI=1S/C19H21NO4/c1-13(2)14-3-5-15(6-4-14)17(12-20(23)24)11-19(22)16-7-9-18(21)10-8-16/h3-10,13,17,21H,11-12H2,1-2H3. The van der Waals surface area contributed by atoms with Crippen molar-refractivity contribution < 1.29 is 14.8 Å². The molecule has 5 heteroatoms. The van der Waals surface area contributed by atoms with Gasteiger partial charge in [0.15, 0.2) is 5.78 Å². The number of phenolic OH excluding ortho intramolecular Hbond substituents is 1. The van der Waals surface area contributed by atoms with Crippen LogP contribution in [0.3, 0.4) is 0 Å². The van der Waals surface area contributed by atoms with Gasteiger partial charge in [-0.05, 0) is 41.3 Å². The molecule has 2 rings (SSSR count). The Morgan fingerprint density at radius 1 is 1.04 bits per heavy atom. The third kappa shape index (κ3) is 4.65.